The number of hydrogen-bond acceptors (Lipinski definition) is 4. The topological polar surface area (TPSA) is 55.8 Å². The van der Waals surface area contributed by atoms with Gasteiger partial charge in [-0.25, -0.2) is 4.79 Å². The van der Waals surface area contributed by atoms with E-state index < -0.39 is 12.1 Å². The third-order valence-corrected chi connectivity index (χ3v) is 3.05. The second-order valence-corrected chi connectivity index (χ2v) is 4.83. The molecule has 0 heterocycles. The molecule has 0 saturated heterocycles. The quantitative estimate of drug-likeness (QED) is 0.768. The van der Waals surface area contributed by atoms with Gasteiger partial charge in [0.15, 0.2) is 0 Å². The number of rotatable bonds is 6. The first-order chi connectivity index (χ1) is 11.2. The highest BCUT2D eigenvalue weighted by atomic mass is 16.6. The Morgan fingerprint density at radius 2 is 1.57 bits per heavy atom. The zero-order chi connectivity index (χ0) is 16.5. The van der Waals surface area contributed by atoms with E-state index in [2.05, 4.69) is 0 Å². The van der Waals surface area contributed by atoms with Gasteiger partial charge < -0.3 is 9.47 Å². The van der Waals surface area contributed by atoms with E-state index >= 15 is 0 Å². The number of ether oxygens (including phenoxy) is 2. The third-order valence-electron chi connectivity index (χ3n) is 3.05. The lowest BCUT2D eigenvalue weighted by Crippen LogP contribution is -2.37. The van der Waals surface area contributed by atoms with Crippen LogP contribution in [0.3, 0.4) is 0 Å². The Bertz CT molecular complexity index is 628. The minimum atomic E-state index is -0.590. The molecule has 0 saturated carbocycles. The van der Waals surface area contributed by atoms with Crippen molar-refractivity contribution in [1.29, 1.82) is 0 Å². The number of amides is 1. The average Bonchev–Trinajstić information content (AvgIpc) is 2.56. The fourth-order valence-electron chi connectivity index (χ4n) is 2.01. The lowest BCUT2D eigenvalue weighted by atomic mass is 10.2. The Balaban J connectivity index is 2.08. The molecule has 5 nitrogen and oxygen atoms in total. The van der Waals surface area contributed by atoms with Crippen LogP contribution < -0.4 is 4.74 Å². The van der Waals surface area contributed by atoms with Gasteiger partial charge in [0.05, 0.1) is 6.61 Å². The van der Waals surface area contributed by atoms with E-state index in [9.17, 15) is 9.59 Å². The number of para-hydroxylation sites is 1. The highest BCUT2D eigenvalue weighted by Gasteiger charge is 2.20. The van der Waals surface area contributed by atoms with Gasteiger partial charge in [0, 0.05) is 6.54 Å². The first-order valence-electron chi connectivity index (χ1n) is 7.40. The van der Waals surface area contributed by atoms with Crippen molar-refractivity contribution >= 4 is 12.1 Å². The highest BCUT2D eigenvalue weighted by molar-refractivity contribution is 5.79. The van der Waals surface area contributed by atoms with Gasteiger partial charge in [-0.2, -0.15) is 0 Å². The van der Waals surface area contributed by atoms with Crippen molar-refractivity contribution in [2.24, 2.45) is 0 Å². The van der Waals surface area contributed by atoms with Crippen LogP contribution in [-0.4, -0.2) is 30.1 Å². The van der Waals surface area contributed by atoms with E-state index in [4.69, 9.17) is 9.47 Å². The number of carbonyl (C=O) groups is 2. The van der Waals surface area contributed by atoms with E-state index in [1.54, 1.807) is 31.2 Å². The van der Waals surface area contributed by atoms with Crippen LogP contribution >= 0.6 is 0 Å². The van der Waals surface area contributed by atoms with Crippen LogP contribution in [-0.2, 0) is 16.1 Å². The molecular formula is C18H19NO4. The van der Waals surface area contributed by atoms with Crippen LogP contribution in [0.5, 0.6) is 5.75 Å². The fraction of sp³-hybridized carbons (Fsp3) is 0.222. The van der Waals surface area contributed by atoms with Gasteiger partial charge >= 0.3 is 12.1 Å². The molecule has 0 aromatic heterocycles. The number of carbonyl (C=O) groups excluding carboxylic acids is 2. The summed E-state index contributed by atoms with van der Waals surface area (Å²) >= 11 is 0. The maximum Gasteiger partial charge on any atom is 0.416 e. The van der Waals surface area contributed by atoms with Gasteiger partial charge in [-0.3, -0.25) is 9.69 Å². The smallest absolute Gasteiger partial charge is 0.416 e. The Labute approximate surface area is 135 Å². The van der Waals surface area contributed by atoms with E-state index in [1.807, 2.05) is 36.4 Å². The summed E-state index contributed by atoms with van der Waals surface area (Å²) in [5.74, 6) is -0.0344. The molecule has 0 aliphatic heterocycles. The molecule has 0 N–H and O–H groups in total. The number of esters is 1. The summed E-state index contributed by atoms with van der Waals surface area (Å²) in [4.78, 5) is 25.4. The second kappa shape index (κ2) is 8.58. The molecule has 0 fully saturated rings. The molecule has 2 aromatic carbocycles. The molecular weight excluding hydrogens is 294 g/mol. The molecule has 2 rings (SSSR count). The molecule has 5 heteroatoms. The van der Waals surface area contributed by atoms with Crippen molar-refractivity contribution in [3.05, 3.63) is 66.2 Å². The maximum absolute atomic E-state index is 12.4. The second-order valence-electron chi connectivity index (χ2n) is 4.83. The Kier molecular flexibility index (Phi) is 6.17. The molecule has 0 aliphatic carbocycles. The first-order valence-corrected chi connectivity index (χ1v) is 7.40. The van der Waals surface area contributed by atoms with Gasteiger partial charge in [0.2, 0.25) is 0 Å². The molecule has 120 valence electrons. The highest BCUT2D eigenvalue weighted by Crippen LogP contribution is 2.12. The summed E-state index contributed by atoms with van der Waals surface area (Å²) in [6.07, 6.45) is -0.590. The summed E-state index contributed by atoms with van der Waals surface area (Å²) in [5, 5.41) is 0. The van der Waals surface area contributed by atoms with Gasteiger partial charge in [-0.05, 0) is 24.6 Å². The van der Waals surface area contributed by atoms with E-state index in [0.717, 1.165) is 5.56 Å². The average molecular weight is 313 g/mol. The van der Waals surface area contributed by atoms with Gasteiger partial charge in [0.1, 0.15) is 12.3 Å². The van der Waals surface area contributed by atoms with Gasteiger partial charge in [-0.1, -0.05) is 48.5 Å². The maximum atomic E-state index is 12.4. The van der Waals surface area contributed by atoms with Crippen LogP contribution in [0.25, 0.3) is 0 Å². The normalized spacial score (nSPS) is 9.96. The monoisotopic (exact) mass is 313 g/mol. The summed E-state index contributed by atoms with van der Waals surface area (Å²) in [5.41, 5.74) is 0.904. The van der Waals surface area contributed by atoms with E-state index in [0.29, 0.717) is 5.75 Å². The molecule has 0 bridgehead atoms. The number of benzene rings is 2. The molecule has 23 heavy (non-hydrogen) atoms. The van der Waals surface area contributed by atoms with Crippen LogP contribution in [0.2, 0.25) is 0 Å². The SMILES string of the molecule is CCOC(=O)CN(Cc1ccccc1)C(=O)Oc1ccccc1. The zero-order valence-electron chi connectivity index (χ0n) is 13.0. The molecule has 0 aliphatic rings. The van der Waals surface area contributed by atoms with Crippen LogP contribution in [0.15, 0.2) is 60.7 Å². The minimum absolute atomic E-state index is 0.158. The standard InChI is InChI=1S/C18H19NO4/c1-2-22-17(20)14-19(13-15-9-5-3-6-10-15)18(21)23-16-11-7-4-8-12-16/h3-12H,2,13-14H2,1H3. The van der Waals surface area contributed by atoms with Crippen molar-refractivity contribution in [1.82, 2.24) is 4.90 Å². The first kappa shape index (κ1) is 16.5. The van der Waals surface area contributed by atoms with Gasteiger partial charge in [-0.15, -0.1) is 0 Å². The number of nitrogens with zero attached hydrogens (tertiary/aromatic N) is 1. The van der Waals surface area contributed by atoms with Crippen molar-refractivity contribution in [2.45, 2.75) is 13.5 Å². The predicted octanol–water partition coefficient (Wildman–Crippen LogP) is 3.25. The Morgan fingerprint density at radius 1 is 0.957 bits per heavy atom. The van der Waals surface area contributed by atoms with Crippen molar-refractivity contribution in [2.75, 3.05) is 13.2 Å². The van der Waals surface area contributed by atoms with Crippen molar-refractivity contribution in [3.63, 3.8) is 0 Å². The lowest BCUT2D eigenvalue weighted by Gasteiger charge is -2.21. The largest absolute Gasteiger partial charge is 0.465 e. The Hall–Kier alpha value is -2.82. The van der Waals surface area contributed by atoms with Crippen LogP contribution in [0.1, 0.15) is 12.5 Å². The number of hydrogen-bond donors (Lipinski definition) is 0. The predicted molar refractivity (Wildman–Crippen MR) is 86.0 cm³/mol. The van der Waals surface area contributed by atoms with E-state index in [1.165, 1.54) is 4.90 Å². The summed E-state index contributed by atoms with van der Waals surface area (Å²) in [7, 11) is 0. The third kappa shape index (κ3) is 5.47. The van der Waals surface area contributed by atoms with Crippen LogP contribution in [0.4, 0.5) is 4.79 Å². The molecule has 1 amide bonds. The Morgan fingerprint density at radius 3 is 2.17 bits per heavy atom. The van der Waals surface area contributed by atoms with Crippen LogP contribution in [0, 0.1) is 0 Å². The minimum Gasteiger partial charge on any atom is -0.465 e. The zero-order valence-corrected chi connectivity index (χ0v) is 13.0. The van der Waals surface area contributed by atoms with Crippen molar-refractivity contribution in [3.8, 4) is 5.75 Å². The summed E-state index contributed by atoms with van der Waals surface area (Å²) < 4.78 is 10.2. The molecule has 0 radical (unpaired) electrons. The summed E-state index contributed by atoms with van der Waals surface area (Å²) in [6.45, 7) is 2.10. The lowest BCUT2D eigenvalue weighted by molar-refractivity contribution is -0.144. The van der Waals surface area contributed by atoms with Gasteiger partial charge in [0.25, 0.3) is 0 Å². The molecule has 0 spiro atoms. The van der Waals surface area contributed by atoms with Crippen molar-refractivity contribution < 1.29 is 19.1 Å². The fourth-order valence-corrected chi connectivity index (χ4v) is 2.01. The summed E-state index contributed by atoms with van der Waals surface area (Å²) in [6, 6.07) is 18.2. The van der Waals surface area contributed by atoms with E-state index in [-0.39, 0.29) is 19.7 Å². The molecule has 2 aromatic rings. The molecule has 0 unspecified atom stereocenters. The molecule has 0 atom stereocenters.